The number of carbonyl (C=O) groups excluding carboxylic acids is 2. The fraction of sp³-hybridized carbons (Fsp3) is 0.429. The molecule has 2 aromatic carbocycles. The van der Waals surface area contributed by atoms with E-state index in [0.717, 1.165) is 36.8 Å². The summed E-state index contributed by atoms with van der Waals surface area (Å²) in [4.78, 5) is 28.6. The fourth-order valence-electron chi connectivity index (χ4n) is 5.72. The summed E-state index contributed by atoms with van der Waals surface area (Å²) in [5.41, 5.74) is 1.93. The first kappa shape index (κ1) is 24.5. The lowest BCUT2D eigenvalue weighted by Crippen LogP contribution is -2.56. The molecule has 0 bridgehead atoms. The highest BCUT2D eigenvalue weighted by molar-refractivity contribution is 5.96. The molecule has 0 saturated heterocycles. The molecule has 1 fully saturated rings. The third-order valence-corrected chi connectivity index (χ3v) is 7.49. The fourth-order valence-corrected chi connectivity index (χ4v) is 5.72. The lowest BCUT2D eigenvalue weighted by Gasteiger charge is -2.41. The van der Waals surface area contributed by atoms with Crippen LogP contribution in [-0.4, -0.2) is 58.3 Å². The van der Waals surface area contributed by atoms with Gasteiger partial charge in [-0.3, -0.25) is 9.59 Å². The highest BCUT2D eigenvalue weighted by Crippen LogP contribution is 2.47. The van der Waals surface area contributed by atoms with Gasteiger partial charge in [0.25, 0.3) is 0 Å². The van der Waals surface area contributed by atoms with Gasteiger partial charge in [0, 0.05) is 30.1 Å². The average Bonchev–Trinajstić information content (AvgIpc) is 3.56. The molecule has 5 rings (SSSR count). The Morgan fingerprint density at radius 1 is 1.08 bits per heavy atom. The maximum Gasteiger partial charge on any atom is 0.247 e. The van der Waals surface area contributed by atoms with Crippen molar-refractivity contribution in [2.45, 2.75) is 56.4 Å². The van der Waals surface area contributed by atoms with Gasteiger partial charge in [-0.25, -0.2) is 4.39 Å². The first-order valence-electron chi connectivity index (χ1n) is 12.6. The van der Waals surface area contributed by atoms with E-state index in [0.29, 0.717) is 11.3 Å². The van der Waals surface area contributed by atoms with Crippen molar-refractivity contribution in [1.82, 2.24) is 10.2 Å². The summed E-state index contributed by atoms with van der Waals surface area (Å²) in [7, 11) is 0. The van der Waals surface area contributed by atoms with Crippen LogP contribution in [0, 0.1) is 11.7 Å². The number of aliphatic hydroxyl groups excluding tert-OH is 2. The zero-order valence-electron chi connectivity index (χ0n) is 20.0. The van der Waals surface area contributed by atoms with Gasteiger partial charge in [0.05, 0.1) is 18.6 Å². The Bertz CT molecular complexity index is 1140. The number of halogens is 1. The van der Waals surface area contributed by atoms with Gasteiger partial charge in [-0.1, -0.05) is 43.2 Å². The number of hydrogen-bond donors (Lipinski definition) is 3. The van der Waals surface area contributed by atoms with Gasteiger partial charge in [0.2, 0.25) is 11.8 Å². The number of aliphatic hydroxyl groups is 2. The lowest BCUT2D eigenvalue weighted by molar-refractivity contribution is -0.142. The van der Waals surface area contributed by atoms with Crippen molar-refractivity contribution < 1.29 is 28.9 Å². The zero-order valence-corrected chi connectivity index (χ0v) is 20.0. The van der Waals surface area contributed by atoms with Gasteiger partial charge >= 0.3 is 0 Å². The molecule has 2 aliphatic carbocycles. The van der Waals surface area contributed by atoms with E-state index < -0.39 is 24.2 Å². The van der Waals surface area contributed by atoms with Crippen molar-refractivity contribution in [2.75, 3.05) is 13.2 Å². The highest BCUT2D eigenvalue weighted by Gasteiger charge is 2.50. The van der Waals surface area contributed by atoms with E-state index in [2.05, 4.69) is 5.32 Å². The van der Waals surface area contributed by atoms with E-state index in [1.54, 1.807) is 29.2 Å². The van der Waals surface area contributed by atoms with E-state index in [9.17, 15) is 24.2 Å². The topological polar surface area (TPSA) is 99.1 Å². The Balaban J connectivity index is 1.55. The van der Waals surface area contributed by atoms with E-state index in [-0.39, 0.29) is 43.2 Å². The molecule has 2 amide bonds. The number of fused-ring (bicyclic) bond motifs is 3. The number of nitrogens with one attached hydrogen (secondary N) is 1. The Labute approximate surface area is 209 Å². The second kappa shape index (κ2) is 10.4. The molecule has 36 heavy (non-hydrogen) atoms. The number of hydrogen-bond acceptors (Lipinski definition) is 5. The first-order valence-corrected chi connectivity index (χ1v) is 12.6. The molecular formula is C28H31FN2O5. The SMILES string of the molecule is O=C(NCCO)C1=CC(N(Cc2ccc(F)cc2)C(=O)C2CCCC2)C(O)C2Oc3ccccc3C12. The number of rotatable bonds is 7. The van der Waals surface area contributed by atoms with Crippen molar-refractivity contribution in [1.29, 1.82) is 0 Å². The number of carbonyl (C=O) groups is 2. The summed E-state index contributed by atoms with van der Waals surface area (Å²) in [6.07, 6.45) is 3.36. The molecular weight excluding hydrogens is 463 g/mol. The Kier molecular flexibility index (Phi) is 7.07. The summed E-state index contributed by atoms with van der Waals surface area (Å²) >= 11 is 0. The van der Waals surface area contributed by atoms with E-state index in [4.69, 9.17) is 4.74 Å². The second-order valence-electron chi connectivity index (χ2n) is 9.75. The molecule has 3 aliphatic rings. The van der Waals surface area contributed by atoms with E-state index in [1.807, 2.05) is 18.2 Å². The maximum atomic E-state index is 13.8. The standard InChI is InChI=1S/C28H31FN2O5/c29-19-11-9-17(10-12-19)16-31(28(35)18-5-1-2-6-18)22-15-21(27(34)30-13-14-32)24-20-7-3-4-8-23(20)36-26(24)25(22)33/h3-4,7-12,15,18,22,24-26,32-33H,1-2,5-6,13-14,16H2,(H,30,34). The molecule has 8 heteroatoms. The van der Waals surface area contributed by atoms with Gasteiger partial charge in [-0.15, -0.1) is 0 Å². The van der Waals surface area contributed by atoms with Gasteiger partial charge < -0.3 is 25.2 Å². The molecule has 1 aliphatic heterocycles. The predicted octanol–water partition coefficient (Wildman–Crippen LogP) is 2.67. The molecule has 0 aromatic heterocycles. The molecule has 2 aromatic rings. The largest absolute Gasteiger partial charge is 0.486 e. The number of nitrogens with zero attached hydrogens (tertiary/aromatic N) is 1. The number of benzene rings is 2. The predicted molar refractivity (Wildman–Crippen MR) is 130 cm³/mol. The van der Waals surface area contributed by atoms with Gasteiger partial charge in [0.1, 0.15) is 23.8 Å². The van der Waals surface area contributed by atoms with Crippen molar-refractivity contribution >= 4 is 11.8 Å². The van der Waals surface area contributed by atoms with E-state index in [1.165, 1.54) is 12.1 Å². The van der Waals surface area contributed by atoms with E-state index >= 15 is 0 Å². The third-order valence-electron chi connectivity index (χ3n) is 7.49. The monoisotopic (exact) mass is 494 g/mol. The van der Waals surface area contributed by atoms with Crippen LogP contribution in [0.2, 0.25) is 0 Å². The molecule has 1 heterocycles. The van der Waals surface area contributed by atoms with Crippen LogP contribution < -0.4 is 10.1 Å². The molecule has 4 unspecified atom stereocenters. The molecule has 0 spiro atoms. The van der Waals surface area contributed by atoms with Crippen LogP contribution in [-0.2, 0) is 16.1 Å². The van der Waals surface area contributed by atoms with Crippen LogP contribution in [0.5, 0.6) is 5.75 Å². The van der Waals surface area contributed by atoms with Crippen molar-refractivity contribution in [3.05, 3.63) is 77.1 Å². The quantitative estimate of drug-likeness (QED) is 0.550. The Hall–Kier alpha value is -3.23. The highest BCUT2D eigenvalue weighted by atomic mass is 19.1. The molecule has 3 N–H and O–H groups in total. The Morgan fingerprint density at radius 3 is 2.53 bits per heavy atom. The van der Waals surface area contributed by atoms with Crippen LogP contribution in [0.4, 0.5) is 4.39 Å². The Morgan fingerprint density at radius 2 is 1.81 bits per heavy atom. The van der Waals surface area contributed by atoms with Crippen molar-refractivity contribution in [3.8, 4) is 5.75 Å². The number of amides is 2. The minimum Gasteiger partial charge on any atom is -0.486 e. The van der Waals surface area contributed by atoms with Crippen LogP contribution in [0.15, 0.2) is 60.2 Å². The summed E-state index contributed by atoms with van der Waals surface area (Å²) in [6.45, 7) is 0.0520. The first-order chi connectivity index (χ1) is 17.5. The van der Waals surface area contributed by atoms with Gasteiger partial charge in [0.15, 0.2) is 0 Å². The third kappa shape index (κ3) is 4.63. The minimum atomic E-state index is -1.08. The molecule has 190 valence electrons. The number of ether oxygens (including phenoxy) is 1. The smallest absolute Gasteiger partial charge is 0.247 e. The summed E-state index contributed by atoms with van der Waals surface area (Å²) in [6, 6.07) is 12.5. The normalized spacial score (nSPS) is 24.9. The number of para-hydroxylation sites is 1. The molecule has 1 saturated carbocycles. The summed E-state index contributed by atoms with van der Waals surface area (Å²) in [5, 5.41) is 23.5. The maximum absolute atomic E-state index is 13.8. The molecule has 7 nitrogen and oxygen atoms in total. The minimum absolute atomic E-state index is 0.0822. The average molecular weight is 495 g/mol. The van der Waals surface area contributed by atoms with Crippen molar-refractivity contribution in [2.24, 2.45) is 5.92 Å². The van der Waals surface area contributed by atoms with Crippen LogP contribution in [0.3, 0.4) is 0 Å². The second-order valence-corrected chi connectivity index (χ2v) is 9.75. The van der Waals surface area contributed by atoms with Crippen molar-refractivity contribution in [3.63, 3.8) is 0 Å². The van der Waals surface area contributed by atoms with Gasteiger partial charge in [-0.2, -0.15) is 0 Å². The van der Waals surface area contributed by atoms with Gasteiger partial charge in [-0.05, 0) is 42.7 Å². The van der Waals surface area contributed by atoms with Crippen LogP contribution >= 0.6 is 0 Å². The lowest BCUT2D eigenvalue weighted by atomic mass is 9.77. The zero-order chi connectivity index (χ0) is 25.2. The molecule has 0 radical (unpaired) electrons. The van der Waals surface area contributed by atoms with Crippen LogP contribution in [0.25, 0.3) is 0 Å². The molecule has 4 atom stereocenters. The van der Waals surface area contributed by atoms with Crippen LogP contribution in [0.1, 0.15) is 42.7 Å². The summed E-state index contributed by atoms with van der Waals surface area (Å²) < 4.78 is 19.7. The summed E-state index contributed by atoms with van der Waals surface area (Å²) in [5.74, 6) is -0.877.